The maximum Gasteiger partial charge on any atom is 0.122 e. The molecule has 6 heteroatoms. The third kappa shape index (κ3) is 3.39. The average Bonchev–Trinajstić information content (AvgIpc) is 2.66. The van der Waals surface area contributed by atoms with Gasteiger partial charge in [0.2, 0.25) is 0 Å². The molecule has 4 N–H and O–H groups in total. The Kier molecular flexibility index (Phi) is 5.54. The van der Waals surface area contributed by atoms with Crippen LogP contribution in [0, 0.1) is 0 Å². The SMILES string of the molecule is COc1cc(OC)cc(C(N)(CN)c2cc(OC)cc(OC)c2)c1. The van der Waals surface area contributed by atoms with E-state index in [0.717, 1.165) is 11.1 Å². The summed E-state index contributed by atoms with van der Waals surface area (Å²) in [5, 5.41) is 0. The standard InChI is InChI=1S/C18H24N2O4/c1-21-14-5-12(6-15(9-14)22-2)18(20,11-19)13-7-16(23-3)10-17(8-13)24-4/h5-10H,11,19-20H2,1-4H3. The van der Waals surface area contributed by atoms with E-state index in [2.05, 4.69) is 0 Å². The zero-order chi connectivity index (χ0) is 17.7. The first-order chi connectivity index (χ1) is 11.5. The predicted octanol–water partition coefficient (Wildman–Crippen LogP) is 1.88. The van der Waals surface area contributed by atoms with Gasteiger partial charge in [-0.2, -0.15) is 0 Å². The van der Waals surface area contributed by atoms with Gasteiger partial charge in [0.1, 0.15) is 23.0 Å². The topological polar surface area (TPSA) is 89.0 Å². The van der Waals surface area contributed by atoms with Crippen molar-refractivity contribution in [1.82, 2.24) is 0 Å². The highest BCUT2D eigenvalue weighted by molar-refractivity contribution is 5.50. The highest BCUT2D eigenvalue weighted by atomic mass is 16.5. The van der Waals surface area contributed by atoms with Crippen LogP contribution in [-0.4, -0.2) is 35.0 Å². The average molecular weight is 332 g/mol. The smallest absolute Gasteiger partial charge is 0.122 e. The Labute approximate surface area is 142 Å². The lowest BCUT2D eigenvalue weighted by molar-refractivity contribution is 0.387. The van der Waals surface area contributed by atoms with Crippen molar-refractivity contribution in [3.05, 3.63) is 47.5 Å². The van der Waals surface area contributed by atoms with E-state index in [0.29, 0.717) is 23.0 Å². The first-order valence-corrected chi connectivity index (χ1v) is 7.46. The highest BCUT2D eigenvalue weighted by Gasteiger charge is 2.30. The van der Waals surface area contributed by atoms with Gasteiger partial charge < -0.3 is 30.4 Å². The first-order valence-electron chi connectivity index (χ1n) is 7.46. The summed E-state index contributed by atoms with van der Waals surface area (Å²) in [5.74, 6) is 2.56. The Morgan fingerprint density at radius 2 is 0.958 bits per heavy atom. The second-order valence-electron chi connectivity index (χ2n) is 5.38. The van der Waals surface area contributed by atoms with Crippen LogP contribution in [0.5, 0.6) is 23.0 Å². The molecule has 2 rings (SSSR count). The van der Waals surface area contributed by atoms with Crippen molar-refractivity contribution in [1.29, 1.82) is 0 Å². The van der Waals surface area contributed by atoms with Crippen LogP contribution in [0.2, 0.25) is 0 Å². The molecule has 24 heavy (non-hydrogen) atoms. The van der Waals surface area contributed by atoms with Gasteiger partial charge in [-0.1, -0.05) is 0 Å². The quantitative estimate of drug-likeness (QED) is 0.805. The van der Waals surface area contributed by atoms with Gasteiger partial charge in [0.15, 0.2) is 0 Å². The molecule has 0 saturated heterocycles. The molecule has 0 bridgehead atoms. The Morgan fingerprint density at radius 1 is 0.667 bits per heavy atom. The summed E-state index contributed by atoms with van der Waals surface area (Å²) in [7, 11) is 6.36. The van der Waals surface area contributed by atoms with Crippen molar-refractivity contribution in [2.75, 3.05) is 35.0 Å². The minimum atomic E-state index is -0.955. The second-order valence-corrected chi connectivity index (χ2v) is 5.38. The molecule has 0 aliphatic carbocycles. The van der Waals surface area contributed by atoms with Crippen molar-refractivity contribution in [2.45, 2.75) is 5.54 Å². The Hall–Kier alpha value is -2.44. The van der Waals surface area contributed by atoms with E-state index in [1.807, 2.05) is 24.3 Å². The molecular formula is C18H24N2O4. The maximum absolute atomic E-state index is 6.69. The molecular weight excluding hydrogens is 308 g/mol. The summed E-state index contributed by atoms with van der Waals surface area (Å²) in [6.07, 6.45) is 0. The summed E-state index contributed by atoms with van der Waals surface area (Å²) in [6, 6.07) is 11.0. The van der Waals surface area contributed by atoms with E-state index >= 15 is 0 Å². The minimum absolute atomic E-state index is 0.180. The summed E-state index contributed by atoms with van der Waals surface area (Å²) in [6.45, 7) is 0.180. The van der Waals surface area contributed by atoms with Gasteiger partial charge in [0.25, 0.3) is 0 Å². The van der Waals surface area contributed by atoms with E-state index in [-0.39, 0.29) is 6.54 Å². The number of benzene rings is 2. The van der Waals surface area contributed by atoms with Crippen molar-refractivity contribution < 1.29 is 18.9 Å². The minimum Gasteiger partial charge on any atom is -0.497 e. The van der Waals surface area contributed by atoms with E-state index in [1.54, 1.807) is 40.6 Å². The van der Waals surface area contributed by atoms with Crippen LogP contribution >= 0.6 is 0 Å². The molecule has 2 aromatic rings. The molecule has 0 aliphatic rings. The molecule has 0 unspecified atom stereocenters. The van der Waals surface area contributed by atoms with Crippen LogP contribution in [-0.2, 0) is 5.54 Å². The third-order valence-electron chi connectivity index (χ3n) is 4.06. The van der Waals surface area contributed by atoms with Gasteiger partial charge in [-0.15, -0.1) is 0 Å². The lowest BCUT2D eigenvalue weighted by Gasteiger charge is -2.30. The van der Waals surface area contributed by atoms with Gasteiger partial charge in [0, 0.05) is 18.7 Å². The summed E-state index contributed by atoms with van der Waals surface area (Å²) in [5.41, 5.74) is 13.3. The number of ether oxygens (including phenoxy) is 4. The molecule has 0 amide bonds. The fraction of sp³-hybridized carbons (Fsp3) is 0.333. The van der Waals surface area contributed by atoms with Gasteiger partial charge in [-0.05, 0) is 35.4 Å². The van der Waals surface area contributed by atoms with Crippen LogP contribution in [0.4, 0.5) is 0 Å². The molecule has 0 aliphatic heterocycles. The lowest BCUT2D eigenvalue weighted by atomic mass is 9.83. The predicted molar refractivity (Wildman–Crippen MR) is 93.1 cm³/mol. The normalized spacial score (nSPS) is 11.1. The molecule has 2 aromatic carbocycles. The van der Waals surface area contributed by atoms with Crippen molar-refractivity contribution in [3.63, 3.8) is 0 Å². The molecule has 0 atom stereocenters. The summed E-state index contributed by atoms with van der Waals surface area (Å²) in [4.78, 5) is 0. The number of nitrogens with two attached hydrogens (primary N) is 2. The van der Waals surface area contributed by atoms with Crippen LogP contribution in [0.15, 0.2) is 36.4 Å². The van der Waals surface area contributed by atoms with E-state index in [1.165, 1.54) is 0 Å². The zero-order valence-electron chi connectivity index (χ0n) is 14.5. The third-order valence-corrected chi connectivity index (χ3v) is 4.06. The summed E-state index contributed by atoms with van der Waals surface area (Å²) >= 11 is 0. The number of methoxy groups -OCH3 is 4. The molecule has 0 spiro atoms. The zero-order valence-corrected chi connectivity index (χ0v) is 14.5. The van der Waals surface area contributed by atoms with E-state index in [4.69, 9.17) is 30.4 Å². The lowest BCUT2D eigenvalue weighted by Crippen LogP contribution is -2.45. The molecule has 0 aromatic heterocycles. The second kappa shape index (κ2) is 7.42. The van der Waals surface area contributed by atoms with Gasteiger partial charge in [-0.3, -0.25) is 0 Å². The first kappa shape index (κ1) is 17.9. The Morgan fingerprint density at radius 3 is 1.17 bits per heavy atom. The molecule has 6 nitrogen and oxygen atoms in total. The highest BCUT2D eigenvalue weighted by Crippen LogP contribution is 2.35. The molecule has 0 heterocycles. The van der Waals surface area contributed by atoms with Crippen molar-refractivity contribution in [3.8, 4) is 23.0 Å². The maximum atomic E-state index is 6.69. The van der Waals surface area contributed by atoms with Crippen molar-refractivity contribution >= 4 is 0 Å². The number of hydrogen-bond acceptors (Lipinski definition) is 6. The molecule has 0 saturated carbocycles. The fourth-order valence-electron chi connectivity index (χ4n) is 2.53. The summed E-state index contributed by atoms with van der Waals surface area (Å²) < 4.78 is 21.3. The van der Waals surface area contributed by atoms with Gasteiger partial charge in [-0.25, -0.2) is 0 Å². The van der Waals surface area contributed by atoms with Gasteiger partial charge >= 0.3 is 0 Å². The Balaban J connectivity index is 2.64. The number of hydrogen-bond donors (Lipinski definition) is 2. The Bertz CT molecular complexity index is 603. The van der Waals surface area contributed by atoms with Crippen LogP contribution < -0.4 is 30.4 Å². The molecule has 130 valence electrons. The van der Waals surface area contributed by atoms with E-state index in [9.17, 15) is 0 Å². The number of rotatable bonds is 7. The van der Waals surface area contributed by atoms with Crippen molar-refractivity contribution in [2.24, 2.45) is 11.5 Å². The van der Waals surface area contributed by atoms with E-state index < -0.39 is 5.54 Å². The molecule has 0 radical (unpaired) electrons. The fourth-order valence-corrected chi connectivity index (χ4v) is 2.53. The molecule has 0 fully saturated rings. The van der Waals surface area contributed by atoms with Crippen LogP contribution in [0.3, 0.4) is 0 Å². The van der Waals surface area contributed by atoms with Gasteiger partial charge in [0.05, 0.1) is 34.0 Å². The largest absolute Gasteiger partial charge is 0.497 e. The van der Waals surface area contributed by atoms with Crippen LogP contribution in [0.1, 0.15) is 11.1 Å². The van der Waals surface area contributed by atoms with Crippen LogP contribution in [0.25, 0.3) is 0 Å². The monoisotopic (exact) mass is 332 g/mol.